The molecule has 0 aliphatic carbocycles. The van der Waals surface area contributed by atoms with Gasteiger partial charge < -0.3 is 15.2 Å². The number of phenols is 1. The van der Waals surface area contributed by atoms with Crippen LogP contribution in [0.1, 0.15) is 0 Å². The molecule has 0 saturated carbocycles. The topological polar surface area (TPSA) is 67.3 Å². The van der Waals surface area contributed by atoms with Gasteiger partial charge in [-0.25, -0.2) is 9.97 Å². The summed E-state index contributed by atoms with van der Waals surface area (Å²) in [4.78, 5) is 8.53. The van der Waals surface area contributed by atoms with Crippen molar-refractivity contribution >= 4 is 0 Å². The number of benzene rings is 1. The normalized spacial score (nSPS) is 14.9. The van der Waals surface area contributed by atoms with Crippen molar-refractivity contribution in [2.75, 3.05) is 19.7 Å². The lowest BCUT2D eigenvalue weighted by molar-refractivity contribution is 0.198. The third-order valence-corrected chi connectivity index (χ3v) is 3.11. The van der Waals surface area contributed by atoms with Crippen LogP contribution in [0.5, 0.6) is 11.5 Å². The van der Waals surface area contributed by atoms with E-state index in [-0.39, 0.29) is 5.75 Å². The molecular weight excluding hydrogens is 242 g/mol. The van der Waals surface area contributed by atoms with Crippen molar-refractivity contribution in [1.29, 1.82) is 0 Å². The van der Waals surface area contributed by atoms with E-state index in [1.165, 1.54) is 0 Å². The summed E-state index contributed by atoms with van der Waals surface area (Å²) in [6.07, 6.45) is 3.36. The molecule has 1 aromatic heterocycles. The molecule has 5 heteroatoms. The van der Waals surface area contributed by atoms with Gasteiger partial charge in [0.1, 0.15) is 5.75 Å². The Kier molecular flexibility index (Phi) is 3.29. The monoisotopic (exact) mass is 257 g/mol. The first-order valence-corrected chi connectivity index (χ1v) is 6.26. The Hall–Kier alpha value is -2.14. The number of hydrogen-bond donors (Lipinski definition) is 2. The van der Waals surface area contributed by atoms with Crippen LogP contribution in [0.2, 0.25) is 0 Å². The van der Waals surface area contributed by atoms with Crippen LogP contribution in [-0.2, 0) is 0 Å². The lowest BCUT2D eigenvalue weighted by Gasteiger charge is -2.26. The highest BCUT2D eigenvalue weighted by molar-refractivity contribution is 5.55. The first-order chi connectivity index (χ1) is 9.31. The fourth-order valence-corrected chi connectivity index (χ4v) is 1.83. The number of hydrogen-bond acceptors (Lipinski definition) is 5. The van der Waals surface area contributed by atoms with Crippen molar-refractivity contribution in [2.45, 2.75) is 0 Å². The van der Waals surface area contributed by atoms with Crippen LogP contribution < -0.4 is 10.1 Å². The molecule has 0 bridgehead atoms. The van der Waals surface area contributed by atoms with E-state index in [0.29, 0.717) is 24.1 Å². The van der Waals surface area contributed by atoms with Gasteiger partial charge in [0.25, 0.3) is 0 Å². The Labute approximate surface area is 111 Å². The molecule has 0 spiro atoms. The van der Waals surface area contributed by atoms with Crippen molar-refractivity contribution in [3.8, 4) is 22.9 Å². The standard InChI is InChI=1S/C14H15N3O2/c18-12-3-1-11(2-4-12)14-16-7-13(8-17-14)19-9-10-5-15-6-10/h1-4,7-8,10,15,18H,5-6,9H2. The maximum atomic E-state index is 9.23. The number of rotatable bonds is 4. The third-order valence-electron chi connectivity index (χ3n) is 3.11. The zero-order valence-electron chi connectivity index (χ0n) is 10.4. The van der Waals surface area contributed by atoms with Crippen LogP contribution >= 0.6 is 0 Å². The average molecular weight is 257 g/mol. The number of aromatic hydroxyl groups is 1. The number of nitrogens with zero attached hydrogens (tertiary/aromatic N) is 2. The molecule has 0 unspecified atom stereocenters. The van der Waals surface area contributed by atoms with Crippen LogP contribution in [0.15, 0.2) is 36.7 Å². The highest BCUT2D eigenvalue weighted by Crippen LogP contribution is 2.19. The molecule has 0 radical (unpaired) electrons. The van der Waals surface area contributed by atoms with E-state index in [1.54, 1.807) is 36.7 Å². The molecule has 98 valence electrons. The minimum Gasteiger partial charge on any atom is -0.508 e. The summed E-state index contributed by atoms with van der Waals surface area (Å²) in [6.45, 7) is 2.74. The fraction of sp³-hybridized carbons (Fsp3) is 0.286. The largest absolute Gasteiger partial charge is 0.508 e. The van der Waals surface area contributed by atoms with E-state index < -0.39 is 0 Å². The van der Waals surface area contributed by atoms with Gasteiger partial charge in [-0.15, -0.1) is 0 Å². The zero-order chi connectivity index (χ0) is 13.1. The van der Waals surface area contributed by atoms with Crippen molar-refractivity contribution in [2.24, 2.45) is 5.92 Å². The number of phenolic OH excluding ortho intramolecular Hbond substituents is 1. The SMILES string of the molecule is Oc1ccc(-c2ncc(OCC3CNC3)cn2)cc1. The van der Waals surface area contributed by atoms with Gasteiger partial charge in [-0.2, -0.15) is 0 Å². The second-order valence-electron chi connectivity index (χ2n) is 4.62. The fourth-order valence-electron chi connectivity index (χ4n) is 1.83. The summed E-state index contributed by atoms with van der Waals surface area (Å²) in [5.41, 5.74) is 0.868. The van der Waals surface area contributed by atoms with E-state index in [9.17, 15) is 5.11 Å². The van der Waals surface area contributed by atoms with Crippen LogP contribution in [0.3, 0.4) is 0 Å². The van der Waals surface area contributed by atoms with Gasteiger partial charge >= 0.3 is 0 Å². The molecule has 2 N–H and O–H groups in total. The van der Waals surface area contributed by atoms with Crippen molar-refractivity contribution in [3.05, 3.63) is 36.7 Å². The van der Waals surface area contributed by atoms with Crippen LogP contribution in [0.4, 0.5) is 0 Å². The molecular formula is C14H15N3O2. The molecule has 1 aliphatic heterocycles. The Morgan fingerprint density at radius 3 is 2.42 bits per heavy atom. The lowest BCUT2D eigenvalue weighted by atomic mass is 10.1. The lowest BCUT2D eigenvalue weighted by Crippen LogP contribution is -2.45. The van der Waals surface area contributed by atoms with Crippen LogP contribution in [0, 0.1) is 5.92 Å². The Balaban J connectivity index is 1.65. The summed E-state index contributed by atoms with van der Waals surface area (Å²) in [6, 6.07) is 6.80. The predicted molar refractivity (Wildman–Crippen MR) is 71.0 cm³/mol. The minimum atomic E-state index is 0.234. The van der Waals surface area contributed by atoms with Crippen LogP contribution in [-0.4, -0.2) is 34.8 Å². The molecule has 0 amide bonds. The molecule has 2 heterocycles. The Bertz CT molecular complexity index is 536. The number of nitrogens with one attached hydrogen (secondary N) is 1. The highest BCUT2D eigenvalue weighted by Gasteiger charge is 2.17. The summed E-state index contributed by atoms with van der Waals surface area (Å²) >= 11 is 0. The molecule has 3 rings (SSSR count). The summed E-state index contributed by atoms with van der Waals surface area (Å²) in [7, 11) is 0. The average Bonchev–Trinajstić information content (AvgIpc) is 2.39. The molecule has 1 fully saturated rings. The summed E-state index contributed by atoms with van der Waals surface area (Å²) < 4.78 is 5.61. The molecule has 19 heavy (non-hydrogen) atoms. The summed E-state index contributed by atoms with van der Waals surface area (Å²) in [5.74, 6) is 2.14. The van der Waals surface area contributed by atoms with Gasteiger partial charge in [-0.3, -0.25) is 0 Å². The van der Waals surface area contributed by atoms with Gasteiger partial charge in [-0.1, -0.05) is 0 Å². The van der Waals surface area contributed by atoms with Crippen molar-refractivity contribution in [1.82, 2.24) is 15.3 Å². The second-order valence-corrected chi connectivity index (χ2v) is 4.62. The predicted octanol–water partition coefficient (Wildman–Crippen LogP) is 1.45. The summed E-state index contributed by atoms with van der Waals surface area (Å²) in [5, 5.41) is 12.4. The Morgan fingerprint density at radius 1 is 1.16 bits per heavy atom. The maximum Gasteiger partial charge on any atom is 0.159 e. The smallest absolute Gasteiger partial charge is 0.159 e. The number of aromatic nitrogens is 2. The van der Waals surface area contributed by atoms with Crippen molar-refractivity contribution < 1.29 is 9.84 Å². The van der Waals surface area contributed by atoms with Crippen molar-refractivity contribution in [3.63, 3.8) is 0 Å². The number of ether oxygens (including phenoxy) is 1. The van der Waals surface area contributed by atoms with Crippen LogP contribution in [0.25, 0.3) is 11.4 Å². The quantitative estimate of drug-likeness (QED) is 0.867. The van der Waals surface area contributed by atoms with Gasteiger partial charge in [0.05, 0.1) is 19.0 Å². The Morgan fingerprint density at radius 2 is 1.84 bits per heavy atom. The molecule has 2 aromatic rings. The second kappa shape index (κ2) is 5.24. The van der Waals surface area contributed by atoms with Gasteiger partial charge in [0.2, 0.25) is 0 Å². The maximum absolute atomic E-state index is 9.23. The van der Waals surface area contributed by atoms with Gasteiger partial charge in [0.15, 0.2) is 11.6 Å². The molecule has 5 nitrogen and oxygen atoms in total. The van der Waals surface area contributed by atoms with E-state index >= 15 is 0 Å². The van der Waals surface area contributed by atoms with E-state index in [0.717, 1.165) is 18.7 Å². The van der Waals surface area contributed by atoms with E-state index in [1.807, 2.05) is 0 Å². The third kappa shape index (κ3) is 2.82. The molecule has 1 aromatic carbocycles. The minimum absolute atomic E-state index is 0.234. The van der Waals surface area contributed by atoms with E-state index in [4.69, 9.17) is 4.74 Å². The zero-order valence-corrected chi connectivity index (χ0v) is 10.4. The molecule has 1 saturated heterocycles. The molecule has 0 atom stereocenters. The van der Waals surface area contributed by atoms with Gasteiger partial charge in [-0.05, 0) is 24.3 Å². The first kappa shape index (κ1) is 11.9. The van der Waals surface area contributed by atoms with Gasteiger partial charge in [0, 0.05) is 24.6 Å². The first-order valence-electron chi connectivity index (χ1n) is 6.26. The molecule has 1 aliphatic rings. The highest BCUT2D eigenvalue weighted by atomic mass is 16.5. The van der Waals surface area contributed by atoms with E-state index in [2.05, 4.69) is 15.3 Å².